The zero-order chi connectivity index (χ0) is 21.3. The van der Waals surface area contributed by atoms with Gasteiger partial charge in [-0.15, -0.1) is 11.3 Å². The number of carbonyl (C=O) groups is 1. The fourth-order valence-corrected chi connectivity index (χ4v) is 4.36. The Labute approximate surface area is 180 Å². The van der Waals surface area contributed by atoms with E-state index in [-0.39, 0.29) is 23.8 Å². The van der Waals surface area contributed by atoms with E-state index in [0.717, 1.165) is 11.3 Å². The number of aliphatic hydroxyl groups excluding tert-OH is 2. The molecule has 9 heteroatoms. The lowest BCUT2D eigenvalue weighted by molar-refractivity contribution is 0.0976. The number of rotatable bonds is 7. The quantitative estimate of drug-likeness (QED) is 0.405. The van der Waals surface area contributed by atoms with Crippen LogP contribution in [0.1, 0.15) is 26.9 Å². The van der Waals surface area contributed by atoms with Crippen LogP contribution in [0.5, 0.6) is 5.75 Å². The van der Waals surface area contributed by atoms with Crippen molar-refractivity contribution < 1.29 is 19.7 Å². The van der Waals surface area contributed by atoms with Crippen LogP contribution in [0.3, 0.4) is 0 Å². The highest BCUT2D eigenvalue weighted by molar-refractivity contribution is 7.17. The number of aliphatic hydroxyl groups is 2. The van der Waals surface area contributed by atoms with E-state index in [1.807, 2.05) is 4.40 Å². The van der Waals surface area contributed by atoms with Gasteiger partial charge in [0.1, 0.15) is 22.4 Å². The number of pyridine rings is 1. The van der Waals surface area contributed by atoms with Gasteiger partial charge in [0.25, 0.3) is 5.91 Å². The first-order valence-electron chi connectivity index (χ1n) is 9.04. The summed E-state index contributed by atoms with van der Waals surface area (Å²) in [5.41, 5.74) is 8.32. The van der Waals surface area contributed by atoms with Crippen LogP contribution in [0.4, 0.5) is 0 Å². The minimum atomic E-state index is -0.762. The number of benzene rings is 1. The summed E-state index contributed by atoms with van der Waals surface area (Å²) in [5.74, 6) is -0.378. The lowest BCUT2D eigenvalue weighted by Gasteiger charge is -2.18. The first-order chi connectivity index (χ1) is 14.5. The number of hydrogen-bond donors (Lipinski definition) is 3. The highest BCUT2D eigenvalue weighted by Crippen LogP contribution is 2.39. The first kappa shape index (κ1) is 20.4. The number of nitrogens with two attached hydrogens (primary N) is 1. The molecule has 0 aliphatic rings. The minimum absolute atomic E-state index is 0.102. The van der Waals surface area contributed by atoms with E-state index in [0.29, 0.717) is 21.1 Å². The molecule has 0 bridgehead atoms. The molecule has 0 saturated carbocycles. The van der Waals surface area contributed by atoms with Crippen LogP contribution in [0.2, 0.25) is 5.02 Å². The summed E-state index contributed by atoms with van der Waals surface area (Å²) in [6.07, 6.45) is 2.69. The molecule has 1 amide bonds. The van der Waals surface area contributed by atoms with Gasteiger partial charge in [-0.05, 0) is 17.7 Å². The van der Waals surface area contributed by atoms with E-state index in [2.05, 4.69) is 4.98 Å². The predicted octanol–water partition coefficient (Wildman–Crippen LogP) is 3.42. The molecule has 0 saturated heterocycles. The van der Waals surface area contributed by atoms with Crippen molar-refractivity contribution in [2.45, 2.75) is 12.7 Å². The number of nitrogens with zero attached hydrogens (tertiary/aromatic N) is 2. The Morgan fingerprint density at radius 1 is 1.27 bits per heavy atom. The Morgan fingerprint density at radius 3 is 2.77 bits per heavy atom. The molecule has 0 fully saturated rings. The van der Waals surface area contributed by atoms with Crippen LogP contribution in [0.15, 0.2) is 54.9 Å². The van der Waals surface area contributed by atoms with Gasteiger partial charge < -0.3 is 20.7 Å². The molecule has 1 unspecified atom stereocenters. The molecule has 0 spiro atoms. The average Bonchev–Trinajstić information content (AvgIpc) is 3.36. The molecule has 7 nitrogen and oxygen atoms in total. The number of aromatic nitrogens is 2. The normalized spacial score (nSPS) is 12.2. The molecule has 0 aliphatic heterocycles. The van der Waals surface area contributed by atoms with Gasteiger partial charge in [-0.2, -0.15) is 0 Å². The number of imidazole rings is 1. The molecule has 3 aromatic heterocycles. The van der Waals surface area contributed by atoms with Crippen molar-refractivity contribution in [3.63, 3.8) is 0 Å². The Kier molecular flexibility index (Phi) is 5.74. The Morgan fingerprint density at radius 2 is 2.07 bits per heavy atom. The second kappa shape index (κ2) is 8.45. The fraction of sp³-hybridized carbons (Fsp3) is 0.143. The minimum Gasteiger partial charge on any atom is -0.482 e. The lowest BCUT2D eigenvalue weighted by Crippen LogP contribution is -2.15. The second-order valence-electron chi connectivity index (χ2n) is 6.55. The Balaban J connectivity index is 1.76. The highest BCUT2D eigenvalue weighted by atomic mass is 35.5. The molecule has 154 valence electrons. The van der Waals surface area contributed by atoms with Crippen molar-refractivity contribution in [3.05, 3.63) is 75.9 Å². The van der Waals surface area contributed by atoms with Crippen molar-refractivity contribution in [1.29, 1.82) is 0 Å². The number of halogens is 1. The van der Waals surface area contributed by atoms with Gasteiger partial charge in [0, 0.05) is 22.8 Å². The molecule has 4 aromatic rings. The Bertz CT molecular complexity index is 1220. The highest BCUT2D eigenvalue weighted by Gasteiger charge is 2.23. The molecular weight excluding hydrogens is 426 g/mol. The van der Waals surface area contributed by atoms with E-state index < -0.39 is 12.0 Å². The summed E-state index contributed by atoms with van der Waals surface area (Å²) in [6.45, 7) is -0.433. The van der Waals surface area contributed by atoms with Crippen molar-refractivity contribution >= 4 is 34.5 Å². The summed E-state index contributed by atoms with van der Waals surface area (Å²) < 4.78 is 7.79. The SMILES string of the molecule is NC(=O)c1sc(-c2cnc3ccc(CO)cn23)cc1OC(CO)c1ccccc1Cl. The Hall–Kier alpha value is -2.91. The molecule has 0 aliphatic carbocycles. The summed E-state index contributed by atoms with van der Waals surface area (Å²) >= 11 is 7.40. The van der Waals surface area contributed by atoms with Crippen LogP contribution < -0.4 is 10.5 Å². The predicted molar refractivity (Wildman–Crippen MR) is 115 cm³/mol. The molecule has 30 heavy (non-hydrogen) atoms. The number of hydrogen-bond acceptors (Lipinski definition) is 6. The van der Waals surface area contributed by atoms with Crippen molar-refractivity contribution in [3.8, 4) is 16.3 Å². The van der Waals surface area contributed by atoms with Crippen LogP contribution in [-0.2, 0) is 6.61 Å². The van der Waals surface area contributed by atoms with E-state index in [4.69, 9.17) is 22.1 Å². The van der Waals surface area contributed by atoms with Gasteiger partial charge in [0.2, 0.25) is 0 Å². The molecule has 1 aromatic carbocycles. The number of primary amides is 1. The summed E-state index contributed by atoms with van der Waals surface area (Å²) in [5, 5.41) is 19.7. The van der Waals surface area contributed by atoms with E-state index in [1.165, 1.54) is 11.3 Å². The third-order valence-electron chi connectivity index (χ3n) is 4.61. The van der Waals surface area contributed by atoms with Gasteiger partial charge in [0.05, 0.1) is 30.0 Å². The van der Waals surface area contributed by atoms with Crippen molar-refractivity contribution in [2.24, 2.45) is 5.73 Å². The number of carbonyl (C=O) groups excluding carboxylic acids is 1. The van der Waals surface area contributed by atoms with Crippen LogP contribution in [0.25, 0.3) is 16.2 Å². The van der Waals surface area contributed by atoms with Crippen LogP contribution in [0, 0.1) is 0 Å². The topological polar surface area (TPSA) is 110 Å². The van der Waals surface area contributed by atoms with Crippen molar-refractivity contribution in [1.82, 2.24) is 9.38 Å². The summed E-state index contributed by atoms with van der Waals surface area (Å²) in [6, 6.07) is 12.3. The van der Waals surface area contributed by atoms with Crippen molar-refractivity contribution in [2.75, 3.05) is 6.61 Å². The largest absolute Gasteiger partial charge is 0.482 e. The number of amides is 1. The smallest absolute Gasteiger partial charge is 0.262 e. The van der Waals surface area contributed by atoms with Gasteiger partial charge in [-0.1, -0.05) is 35.9 Å². The lowest BCUT2D eigenvalue weighted by atomic mass is 10.1. The maximum atomic E-state index is 12.1. The molecule has 1 atom stereocenters. The van der Waals surface area contributed by atoms with E-state index >= 15 is 0 Å². The maximum absolute atomic E-state index is 12.1. The second-order valence-corrected chi connectivity index (χ2v) is 8.01. The average molecular weight is 444 g/mol. The first-order valence-corrected chi connectivity index (χ1v) is 10.2. The van der Waals surface area contributed by atoms with Gasteiger partial charge in [0.15, 0.2) is 0 Å². The monoisotopic (exact) mass is 443 g/mol. The number of ether oxygens (including phenoxy) is 1. The van der Waals surface area contributed by atoms with Gasteiger partial charge in [-0.25, -0.2) is 4.98 Å². The third-order valence-corrected chi connectivity index (χ3v) is 6.11. The van der Waals surface area contributed by atoms with E-state index in [9.17, 15) is 15.0 Å². The number of fused-ring (bicyclic) bond motifs is 1. The van der Waals surface area contributed by atoms with Gasteiger partial charge >= 0.3 is 0 Å². The molecule has 0 radical (unpaired) electrons. The zero-order valence-corrected chi connectivity index (χ0v) is 17.2. The summed E-state index contributed by atoms with van der Waals surface area (Å²) in [4.78, 5) is 17.3. The van der Waals surface area contributed by atoms with Crippen LogP contribution in [-0.4, -0.2) is 32.1 Å². The fourth-order valence-electron chi connectivity index (χ4n) is 3.15. The number of thiophene rings is 1. The maximum Gasteiger partial charge on any atom is 0.262 e. The van der Waals surface area contributed by atoms with Gasteiger partial charge in [-0.3, -0.25) is 9.20 Å². The third kappa shape index (κ3) is 3.78. The standard InChI is InChI=1S/C21H18ClN3O4S/c22-14-4-2-1-3-13(14)17(11-27)29-16-7-18(30-20(16)21(23)28)15-8-24-19-6-5-12(10-26)9-25(15)19/h1-9,17,26-27H,10-11H2,(H2,23,28). The molecular formula is C21H18ClN3O4S. The zero-order valence-electron chi connectivity index (χ0n) is 15.7. The molecule has 3 heterocycles. The van der Waals surface area contributed by atoms with Crippen LogP contribution >= 0.6 is 22.9 Å². The van der Waals surface area contributed by atoms with E-state index in [1.54, 1.807) is 54.9 Å². The molecule has 4 rings (SSSR count). The molecule has 4 N–H and O–H groups in total. The summed E-state index contributed by atoms with van der Waals surface area (Å²) in [7, 11) is 0.